The lowest BCUT2D eigenvalue weighted by Crippen LogP contribution is -2.20. The van der Waals surface area contributed by atoms with Crippen molar-refractivity contribution in [1.82, 2.24) is 9.97 Å². The highest BCUT2D eigenvalue weighted by Crippen LogP contribution is 2.24. The summed E-state index contributed by atoms with van der Waals surface area (Å²) in [6.07, 6.45) is 4.83. The predicted molar refractivity (Wildman–Crippen MR) is 106 cm³/mol. The van der Waals surface area contributed by atoms with E-state index in [0.717, 1.165) is 19.3 Å². The average molecular weight is 367 g/mol. The normalized spacial score (nSPS) is 10.6. The maximum absolute atomic E-state index is 14.1. The van der Waals surface area contributed by atoms with E-state index in [1.807, 2.05) is 24.3 Å². The molecule has 0 aliphatic heterocycles. The average Bonchev–Trinajstić information content (AvgIpc) is 3.09. The molecule has 0 bridgehead atoms. The first-order chi connectivity index (χ1) is 13.0. The number of aromatic amines is 1. The molecule has 6 nitrogen and oxygen atoms in total. The van der Waals surface area contributed by atoms with Crippen LogP contribution >= 0.6 is 0 Å². The summed E-state index contributed by atoms with van der Waals surface area (Å²) in [4.78, 5) is 19.0. The van der Waals surface area contributed by atoms with Crippen LogP contribution in [0.3, 0.4) is 0 Å². The number of nitrogen functional groups attached to an aromatic ring is 1. The van der Waals surface area contributed by atoms with E-state index in [4.69, 9.17) is 5.73 Å². The quantitative estimate of drug-likeness (QED) is 0.505. The molecule has 27 heavy (non-hydrogen) atoms. The molecule has 5 N–H and O–H groups in total. The van der Waals surface area contributed by atoms with Gasteiger partial charge in [-0.3, -0.25) is 0 Å². The van der Waals surface area contributed by atoms with Crippen molar-refractivity contribution in [2.24, 2.45) is 0 Å². The van der Waals surface area contributed by atoms with E-state index >= 15 is 0 Å². The number of benzene rings is 2. The Balaban J connectivity index is 1.66. The number of carbonyl (C=O) groups excluding carboxylic acids is 1. The standard InChI is InChI=1S/C20H22FN5O/c1-2-3-4-13-5-8-15(9-6-13)24-20(27)26-17-11-14(7-10-16(17)21)18-12-23-19(22)25-18/h5-12H,2-4H2,1H3,(H3,22,23,25)(H2,24,26,27). The van der Waals surface area contributed by atoms with E-state index in [0.29, 0.717) is 16.9 Å². The molecule has 140 valence electrons. The van der Waals surface area contributed by atoms with Gasteiger partial charge in [-0.25, -0.2) is 14.2 Å². The Morgan fingerprint density at radius 1 is 1.19 bits per heavy atom. The summed E-state index contributed by atoms with van der Waals surface area (Å²) in [6, 6.07) is 11.5. The second kappa shape index (κ2) is 8.35. The third kappa shape index (κ3) is 4.84. The smallest absolute Gasteiger partial charge is 0.323 e. The monoisotopic (exact) mass is 367 g/mol. The molecule has 0 atom stereocenters. The highest BCUT2D eigenvalue weighted by molar-refractivity contribution is 6.00. The first-order valence-electron chi connectivity index (χ1n) is 8.82. The van der Waals surface area contributed by atoms with Crippen molar-refractivity contribution in [3.8, 4) is 11.3 Å². The Morgan fingerprint density at radius 3 is 2.63 bits per heavy atom. The summed E-state index contributed by atoms with van der Waals surface area (Å²) in [6.45, 7) is 2.15. The molecule has 2 amide bonds. The van der Waals surface area contributed by atoms with Crippen LogP contribution in [0.5, 0.6) is 0 Å². The molecule has 3 rings (SSSR count). The zero-order valence-corrected chi connectivity index (χ0v) is 15.1. The van der Waals surface area contributed by atoms with Crippen molar-refractivity contribution in [1.29, 1.82) is 0 Å². The van der Waals surface area contributed by atoms with Crippen LogP contribution in [0.2, 0.25) is 0 Å². The molecule has 1 aromatic heterocycles. The number of rotatable bonds is 6. The maximum Gasteiger partial charge on any atom is 0.323 e. The van der Waals surface area contributed by atoms with Gasteiger partial charge < -0.3 is 21.4 Å². The minimum absolute atomic E-state index is 0.0673. The zero-order valence-electron chi connectivity index (χ0n) is 15.1. The Bertz CT molecular complexity index is 920. The Hall–Kier alpha value is -3.35. The van der Waals surface area contributed by atoms with Crippen LogP contribution in [-0.4, -0.2) is 16.0 Å². The molecule has 3 aromatic rings. The summed E-state index contributed by atoms with van der Waals surface area (Å²) < 4.78 is 14.1. The molecule has 0 saturated heterocycles. The molecule has 2 aromatic carbocycles. The van der Waals surface area contributed by atoms with Crippen LogP contribution in [0.25, 0.3) is 11.3 Å². The number of aryl methyl sites for hydroxylation is 1. The number of H-pyrrole nitrogens is 1. The highest BCUT2D eigenvalue weighted by Gasteiger charge is 2.10. The van der Waals surface area contributed by atoms with Gasteiger partial charge in [0.25, 0.3) is 0 Å². The SMILES string of the molecule is CCCCc1ccc(NC(=O)Nc2cc(-c3cnc(N)[nH]3)ccc2F)cc1. The molecular weight excluding hydrogens is 345 g/mol. The number of nitrogens with one attached hydrogen (secondary N) is 3. The Morgan fingerprint density at radius 2 is 1.96 bits per heavy atom. The number of hydrogen-bond donors (Lipinski definition) is 4. The van der Waals surface area contributed by atoms with Gasteiger partial charge in [-0.1, -0.05) is 25.5 Å². The number of hydrogen-bond acceptors (Lipinski definition) is 3. The van der Waals surface area contributed by atoms with Crippen LogP contribution in [0, 0.1) is 5.82 Å². The summed E-state index contributed by atoms with van der Waals surface area (Å²) in [7, 11) is 0. The summed E-state index contributed by atoms with van der Waals surface area (Å²) in [5, 5.41) is 5.24. The second-order valence-corrected chi connectivity index (χ2v) is 6.26. The number of halogens is 1. The Labute approximate surface area is 157 Å². The number of aromatic nitrogens is 2. The van der Waals surface area contributed by atoms with Gasteiger partial charge >= 0.3 is 6.03 Å². The minimum atomic E-state index is -0.531. The minimum Gasteiger partial charge on any atom is -0.369 e. The number of nitrogens with zero attached hydrogens (tertiary/aromatic N) is 1. The Kier molecular flexibility index (Phi) is 5.71. The van der Waals surface area contributed by atoms with Crippen molar-refractivity contribution in [3.63, 3.8) is 0 Å². The first-order valence-corrected chi connectivity index (χ1v) is 8.82. The lowest BCUT2D eigenvalue weighted by Gasteiger charge is -2.10. The predicted octanol–water partition coefficient (Wildman–Crippen LogP) is 4.78. The van der Waals surface area contributed by atoms with Crippen molar-refractivity contribution < 1.29 is 9.18 Å². The summed E-state index contributed by atoms with van der Waals surface area (Å²) >= 11 is 0. The molecule has 1 heterocycles. The van der Waals surface area contributed by atoms with E-state index in [1.165, 1.54) is 17.7 Å². The maximum atomic E-state index is 14.1. The van der Waals surface area contributed by atoms with Crippen LogP contribution < -0.4 is 16.4 Å². The number of imidazole rings is 1. The van der Waals surface area contributed by atoms with Crippen molar-refractivity contribution >= 4 is 23.4 Å². The summed E-state index contributed by atoms with van der Waals surface area (Å²) in [5.41, 5.74) is 8.80. The number of unbranched alkanes of at least 4 members (excludes halogenated alkanes) is 1. The molecule has 7 heteroatoms. The zero-order chi connectivity index (χ0) is 19.2. The molecule has 0 saturated carbocycles. The lowest BCUT2D eigenvalue weighted by atomic mass is 10.1. The van der Waals surface area contributed by atoms with E-state index in [9.17, 15) is 9.18 Å². The van der Waals surface area contributed by atoms with Gasteiger partial charge in [0.15, 0.2) is 5.95 Å². The molecule has 0 unspecified atom stereocenters. The number of nitrogens with two attached hydrogens (primary N) is 1. The molecule has 0 spiro atoms. The van der Waals surface area contributed by atoms with Gasteiger partial charge in [-0.2, -0.15) is 0 Å². The second-order valence-electron chi connectivity index (χ2n) is 6.26. The lowest BCUT2D eigenvalue weighted by molar-refractivity contribution is 0.262. The fourth-order valence-corrected chi connectivity index (χ4v) is 2.69. The molecule has 0 radical (unpaired) electrons. The van der Waals surface area contributed by atoms with Gasteiger partial charge in [0.05, 0.1) is 17.6 Å². The van der Waals surface area contributed by atoms with Gasteiger partial charge in [0, 0.05) is 11.3 Å². The number of anilines is 3. The summed E-state index contributed by atoms with van der Waals surface area (Å²) in [5.74, 6) is -0.264. The van der Waals surface area contributed by atoms with Gasteiger partial charge in [0.1, 0.15) is 5.82 Å². The van der Waals surface area contributed by atoms with Crippen LogP contribution in [0.4, 0.5) is 26.5 Å². The van der Waals surface area contributed by atoms with Crippen molar-refractivity contribution in [3.05, 3.63) is 60.0 Å². The van der Waals surface area contributed by atoms with Gasteiger partial charge in [-0.05, 0) is 48.7 Å². The molecular formula is C20H22FN5O. The number of amides is 2. The third-order valence-electron chi connectivity index (χ3n) is 4.15. The number of urea groups is 1. The fraction of sp³-hybridized carbons (Fsp3) is 0.200. The van der Waals surface area contributed by atoms with Gasteiger partial charge in [-0.15, -0.1) is 0 Å². The number of carbonyl (C=O) groups is 1. The van der Waals surface area contributed by atoms with Crippen molar-refractivity contribution in [2.75, 3.05) is 16.4 Å². The molecule has 0 aliphatic carbocycles. The molecule has 0 fully saturated rings. The van der Waals surface area contributed by atoms with Crippen LogP contribution in [-0.2, 0) is 6.42 Å². The van der Waals surface area contributed by atoms with E-state index in [2.05, 4.69) is 27.5 Å². The van der Waals surface area contributed by atoms with Gasteiger partial charge in [0.2, 0.25) is 0 Å². The third-order valence-corrected chi connectivity index (χ3v) is 4.15. The highest BCUT2D eigenvalue weighted by atomic mass is 19.1. The van der Waals surface area contributed by atoms with Crippen molar-refractivity contribution in [2.45, 2.75) is 26.2 Å². The van der Waals surface area contributed by atoms with Crippen LogP contribution in [0.1, 0.15) is 25.3 Å². The van der Waals surface area contributed by atoms with E-state index in [-0.39, 0.29) is 11.6 Å². The molecule has 0 aliphatic rings. The van der Waals surface area contributed by atoms with E-state index in [1.54, 1.807) is 12.3 Å². The largest absolute Gasteiger partial charge is 0.369 e. The van der Waals surface area contributed by atoms with E-state index < -0.39 is 11.8 Å². The fourth-order valence-electron chi connectivity index (χ4n) is 2.69. The topological polar surface area (TPSA) is 95.8 Å². The first kappa shape index (κ1) is 18.4. The van der Waals surface area contributed by atoms with Crippen LogP contribution in [0.15, 0.2) is 48.7 Å².